The summed E-state index contributed by atoms with van der Waals surface area (Å²) in [5, 5.41) is 10.1. The lowest BCUT2D eigenvalue weighted by Gasteiger charge is -2.22. The standard InChI is InChI=1S/C15H26N2O/c1-4-7-8-14(16)13-10-9-12(11-15(13)18)17(5-2)6-3/h9-11,14,18H,4-8,16H2,1-3H3/t14-/m0/s1. The topological polar surface area (TPSA) is 49.5 Å². The summed E-state index contributed by atoms with van der Waals surface area (Å²) in [6, 6.07) is 5.78. The fourth-order valence-corrected chi connectivity index (χ4v) is 2.21. The van der Waals surface area contributed by atoms with E-state index in [4.69, 9.17) is 5.73 Å². The van der Waals surface area contributed by atoms with E-state index in [2.05, 4.69) is 25.7 Å². The normalized spacial score (nSPS) is 12.4. The van der Waals surface area contributed by atoms with Gasteiger partial charge in [-0.2, -0.15) is 0 Å². The maximum Gasteiger partial charge on any atom is 0.122 e. The van der Waals surface area contributed by atoms with Crippen LogP contribution in [0.4, 0.5) is 5.69 Å². The number of anilines is 1. The molecule has 0 unspecified atom stereocenters. The van der Waals surface area contributed by atoms with Crippen molar-refractivity contribution < 1.29 is 5.11 Å². The third kappa shape index (κ3) is 3.64. The Labute approximate surface area is 111 Å². The number of aromatic hydroxyl groups is 1. The van der Waals surface area contributed by atoms with E-state index in [-0.39, 0.29) is 6.04 Å². The monoisotopic (exact) mass is 250 g/mol. The summed E-state index contributed by atoms with van der Waals surface area (Å²) in [6.45, 7) is 8.26. The molecule has 1 aromatic carbocycles. The summed E-state index contributed by atoms with van der Waals surface area (Å²) < 4.78 is 0. The van der Waals surface area contributed by atoms with Crippen LogP contribution in [0.15, 0.2) is 18.2 Å². The Morgan fingerprint density at radius 1 is 1.22 bits per heavy atom. The van der Waals surface area contributed by atoms with E-state index in [0.29, 0.717) is 5.75 Å². The summed E-state index contributed by atoms with van der Waals surface area (Å²) >= 11 is 0. The average Bonchev–Trinajstić information content (AvgIpc) is 2.37. The second kappa shape index (κ2) is 7.27. The average molecular weight is 250 g/mol. The highest BCUT2D eigenvalue weighted by Gasteiger charge is 2.12. The van der Waals surface area contributed by atoms with Crippen LogP contribution >= 0.6 is 0 Å². The minimum absolute atomic E-state index is 0.0595. The molecule has 18 heavy (non-hydrogen) atoms. The number of phenols is 1. The zero-order chi connectivity index (χ0) is 13.5. The van der Waals surface area contributed by atoms with Crippen molar-refractivity contribution in [2.75, 3.05) is 18.0 Å². The van der Waals surface area contributed by atoms with Gasteiger partial charge in [0.25, 0.3) is 0 Å². The van der Waals surface area contributed by atoms with Gasteiger partial charge in [0.05, 0.1) is 0 Å². The summed E-state index contributed by atoms with van der Waals surface area (Å²) in [4.78, 5) is 2.21. The third-order valence-electron chi connectivity index (χ3n) is 3.41. The maximum atomic E-state index is 10.1. The number of hydrogen-bond donors (Lipinski definition) is 2. The lowest BCUT2D eigenvalue weighted by atomic mass is 10.0. The first kappa shape index (κ1) is 14.8. The molecule has 0 bridgehead atoms. The van der Waals surface area contributed by atoms with Gasteiger partial charge < -0.3 is 15.7 Å². The lowest BCUT2D eigenvalue weighted by Crippen LogP contribution is -2.21. The van der Waals surface area contributed by atoms with E-state index in [9.17, 15) is 5.11 Å². The van der Waals surface area contributed by atoms with Crippen LogP contribution in [0.25, 0.3) is 0 Å². The summed E-state index contributed by atoms with van der Waals surface area (Å²) in [7, 11) is 0. The van der Waals surface area contributed by atoms with E-state index in [1.54, 1.807) is 0 Å². The molecule has 0 heterocycles. The number of benzene rings is 1. The van der Waals surface area contributed by atoms with Gasteiger partial charge in [-0.1, -0.05) is 25.8 Å². The van der Waals surface area contributed by atoms with Gasteiger partial charge in [-0.05, 0) is 26.3 Å². The molecule has 0 aromatic heterocycles. The van der Waals surface area contributed by atoms with Crippen LogP contribution in [-0.2, 0) is 0 Å². The molecule has 3 heteroatoms. The zero-order valence-electron chi connectivity index (χ0n) is 11.8. The molecule has 1 aromatic rings. The lowest BCUT2D eigenvalue weighted by molar-refractivity contribution is 0.456. The highest BCUT2D eigenvalue weighted by molar-refractivity contribution is 5.53. The number of phenolic OH excluding ortho intramolecular Hbond substituents is 1. The van der Waals surface area contributed by atoms with Gasteiger partial charge in [0, 0.05) is 36.4 Å². The summed E-state index contributed by atoms with van der Waals surface area (Å²) in [5.74, 6) is 0.322. The highest BCUT2D eigenvalue weighted by atomic mass is 16.3. The van der Waals surface area contributed by atoms with Crippen molar-refractivity contribution in [1.82, 2.24) is 0 Å². The molecule has 3 N–H and O–H groups in total. The third-order valence-corrected chi connectivity index (χ3v) is 3.41. The summed E-state index contributed by atoms with van der Waals surface area (Å²) in [6.07, 6.45) is 3.15. The Hall–Kier alpha value is -1.22. The molecule has 0 saturated heterocycles. The van der Waals surface area contributed by atoms with Crippen molar-refractivity contribution in [3.63, 3.8) is 0 Å². The predicted molar refractivity (Wildman–Crippen MR) is 78.1 cm³/mol. The Kier molecular flexibility index (Phi) is 5.99. The quantitative estimate of drug-likeness (QED) is 0.779. The van der Waals surface area contributed by atoms with E-state index >= 15 is 0 Å². The Bertz CT molecular complexity index is 362. The van der Waals surface area contributed by atoms with Gasteiger partial charge in [-0.25, -0.2) is 0 Å². The second-order valence-corrected chi connectivity index (χ2v) is 4.66. The first-order valence-corrected chi connectivity index (χ1v) is 6.97. The molecule has 3 nitrogen and oxygen atoms in total. The smallest absolute Gasteiger partial charge is 0.122 e. The maximum absolute atomic E-state index is 10.1. The van der Waals surface area contributed by atoms with Gasteiger partial charge in [0.2, 0.25) is 0 Å². The Morgan fingerprint density at radius 2 is 1.89 bits per heavy atom. The molecule has 102 valence electrons. The largest absolute Gasteiger partial charge is 0.508 e. The van der Waals surface area contributed by atoms with Crippen molar-refractivity contribution in [3.8, 4) is 5.75 Å². The minimum atomic E-state index is -0.0595. The minimum Gasteiger partial charge on any atom is -0.508 e. The number of rotatable bonds is 7. The molecule has 1 atom stereocenters. The molecule has 0 saturated carbocycles. The summed E-state index contributed by atoms with van der Waals surface area (Å²) in [5.41, 5.74) is 8.02. The van der Waals surface area contributed by atoms with Crippen molar-refractivity contribution in [2.24, 2.45) is 5.73 Å². The number of hydrogen-bond acceptors (Lipinski definition) is 3. The van der Waals surface area contributed by atoms with Crippen molar-refractivity contribution in [1.29, 1.82) is 0 Å². The van der Waals surface area contributed by atoms with Gasteiger partial charge in [-0.15, -0.1) is 0 Å². The van der Waals surface area contributed by atoms with E-state index in [1.165, 1.54) is 0 Å². The molecular formula is C15H26N2O. The Morgan fingerprint density at radius 3 is 2.39 bits per heavy atom. The molecule has 1 rings (SSSR count). The SMILES string of the molecule is CCCC[C@H](N)c1ccc(N(CC)CC)cc1O. The molecule has 0 amide bonds. The van der Waals surface area contributed by atoms with Crippen LogP contribution < -0.4 is 10.6 Å². The van der Waals surface area contributed by atoms with E-state index in [1.807, 2.05) is 18.2 Å². The van der Waals surface area contributed by atoms with Gasteiger partial charge in [0.1, 0.15) is 5.75 Å². The van der Waals surface area contributed by atoms with Crippen molar-refractivity contribution in [3.05, 3.63) is 23.8 Å². The first-order chi connectivity index (χ1) is 8.63. The van der Waals surface area contributed by atoms with Crippen molar-refractivity contribution >= 4 is 5.69 Å². The fraction of sp³-hybridized carbons (Fsp3) is 0.600. The predicted octanol–water partition coefficient (Wildman–Crippen LogP) is 3.43. The van der Waals surface area contributed by atoms with Crippen LogP contribution in [0.3, 0.4) is 0 Å². The highest BCUT2D eigenvalue weighted by Crippen LogP contribution is 2.30. The molecule has 0 aliphatic heterocycles. The van der Waals surface area contributed by atoms with Crippen LogP contribution in [0, 0.1) is 0 Å². The van der Waals surface area contributed by atoms with Gasteiger partial charge in [-0.3, -0.25) is 0 Å². The van der Waals surface area contributed by atoms with Crippen molar-refractivity contribution in [2.45, 2.75) is 46.1 Å². The molecule has 0 aliphatic rings. The van der Waals surface area contributed by atoms with Crippen LogP contribution in [-0.4, -0.2) is 18.2 Å². The molecular weight excluding hydrogens is 224 g/mol. The zero-order valence-corrected chi connectivity index (χ0v) is 11.8. The first-order valence-electron chi connectivity index (χ1n) is 6.97. The van der Waals surface area contributed by atoms with Gasteiger partial charge in [0.15, 0.2) is 0 Å². The molecule has 0 radical (unpaired) electrons. The van der Waals surface area contributed by atoms with E-state index < -0.39 is 0 Å². The van der Waals surface area contributed by atoms with Gasteiger partial charge >= 0.3 is 0 Å². The number of nitrogens with zero attached hydrogens (tertiary/aromatic N) is 1. The number of unbranched alkanes of at least 4 members (excludes halogenated alkanes) is 1. The Balaban J connectivity index is 2.85. The van der Waals surface area contributed by atoms with E-state index in [0.717, 1.165) is 43.6 Å². The number of nitrogens with two attached hydrogens (primary N) is 1. The van der Waals surface area contributed by atoms with Crippen LogP contribution in [0.5, 0.6) is 5.75 Å². The van der Waals surface area contributed by atoms with Crippen LogP contribution in [0.2, 0.25) is 0 Å². The second-order valence-electron chi connectivity index (χ2n) is 4.66. The van der Waals surface area contributed by atoms with Crippen LogP contribution in [0.1, 0.15) is 51.6 Å². The fourth-order valence-electron chi connectivity index (χ4n) is 2.21. The molecule has 0 fully saturated rings. The molecule has 0 aliphatic carbocycles. The molecule has 0 spiro atoms.